The molecule has 1 fully saturated rings. The summed E-state index contributed by atoms with van der Waals surface area (Å²) >= 11 is 0. The smallest absolute Gasteiger partial charge is 0.330 e. The number of rotatable bonds is 3. The fourth-order valence-corrected chi connectivity index (χ4v) is 2.08. The van der Waals surface area contributed by atoms with Crippen molar-refractivity contribution >= 4 is 0 Å². The molecule has 3 atom stereocenters. The summed E-state index contributed by atoms with van der Waals surface area (Å²) in [7, 11) is 0. The Morgan fingerprint density at radius 3 is 3.00 bits per heavy atom. The molecule has 0 spiro atoms. The molecule has 1 aromatic heterocycles. The van der Waals surface area contributed by atoms with Crippen LogP contribution in [0.1, 0.15) is 32.4 Å². The predicted octanol–water partition coefficient (Wildman–Crippen LogP) is 0.962. The van der Waals surface area contributed by atoms with E-state index in [1.807, 2.05) is 6.92 Å². The van der Waals surface area contributed by atoms with Crippen LogP contribution in [-0.4, -0.2) is 21.8 Å². The van der Waals surface area contributed by atoms with Crippen molar-refractivity contribution in [3.8, 4) is 0 Å². The summed E-state index contributed by atoms with van der Waals surface area (Å²) in [6.45, 7) is 2.00. The second-order valence-electron chi connectivity index (χ2n) is 4.21. The molecule has 1 aliphatic heterocycles. The van der Waals surface area contributed by atoms with Crippen molar-refractivity contribution in [3.63, 3.8) is 0 Å². The van der Waals surface area contributed by atoms with Crippen molar-refractivity contribution in [2.45, 2.75) is 44.7 Å². The molecular formula is C11H15FN2O3. The molecule has 5 nitrogen and oxygen atoms in total. The number of nitrogens with zero attached hydrogens (tertiary/aromatic N) is 1. The third-order valence-corrected chi connectivity index (χ3v) is 2.87. The Morgan fingerprint density at radius 2 is 2.35 bits per heavy atom. The predicted molar refractivity (Wildman–Crippen MR) is 59.7 cm³/mol. The molecule has 1 N–H and O–H groups in total. The van der Waals surface area contributed by atoms with Gasteiger partial charge in [0, 0.05) is 18.7 Å². The van der Waals surface area contributed by atoms with Gasteiger partial charge in [-0.2, -0.15) is 0 Å². The molecule has 94 valence electrons. The van der Waals surface area contributed by atoms with Crippen LogP contribution >= 0.6 is 0 Å². The highest BCUT2D eigenvalue weighted by atomic mass is 19.1. The Hall–Kier alpha value is -1.43. The van der Waals surface area contributed by atoms with E-state index in [0.29, 0.717) is 6.42 Å². The summed E-state index contributed by atoms with van der Waals surface area (Å²) in [4.78, 5) is 24.5. The van der Waals surface area contributed by atoms with Crippen LogP contribution in [0.2, 0.25) is 0 Å². The lowest BCUT2D eigenvalue weighted by molar-refractivity contribution is -0.0241. The minimum Gasteiger partial charge on any atom is -0.351 e. The zero-order valence-corrected chi connectivity index (χ0v) is 9.56. The molecule has 2 heterocycles. The Balaban J connectivity index is 2.23. The average Bonchev–Trinajstić information content (AvgIpc) is 2.60. The highest BCUT2D eigenvalue weighted by molar-refractivity contribution is 4.88. The third-order valence-electron chi connectivity index (χ3n) is 2.87. The minimum absolute atomic E-state index is 0.154. The number of halogens is 1. The zero-order valence-electron chi connectivity index (χ0n) is 9.56. The molecule has 6 heteroatoms. The van der Waals surface area contributed by atoms with Crippen molar-refractivity contribution in [3.05, 3.63) is 33.1 Å². The summed E-state index contributed by atoms with van der Waals surface area (Å²) in [6.07, 6.45) is 0.959. The lowest BCUT2D eigenvalue weighted by Gasteiger charge is -2.15. The Kier molecular flexibility index (Phi) is 3.42. The van der Waals surface area contributed by atoms with Gasteiger partial charge in [-0.3, -0.25) is 14.3 Å². The molecule has 2 rings (SSSR count). The van der Waals surface area contributed by atoms with E-state index in [-0.39, 0.29) is 6.10 Å². The van der Waals surface area contributed by atoms with Gasteiger partial charge in [0.1, 0.15) is 6.17 Å². The number of aromatic amines is 1. The summed E-state index contributed by atoms with van der Waals surface area (Å²) in [5.74, 6) is 0. The number of ether oxygens (including phenoxy) is 1. The van der Waals surface area contributed by atoms with Gasteiger partial charge in [0.15, 0.2) is 6.23 Å². The van der Waals surface area contributed by atoms with E-state index in [1.165, 1.54) is 12.3 Å². The van der Waals surface area contributed by atoms with Gasteiger partial charge in [-0.25, -0.2) is 9.18 Å². The number of nitrogens with one attached hydrogen (secondary N) is 1. The zero-order chi connectivity index (χ0) is 12.4. The quantitative estimate of drug-likeness (QED) is 0.858. The molecule has 0 aromatic carbocycles. The summed E-state index contributed by atoms with van der Waals surface area (Å²) in [6, 6.07) is 1.19. The Bertz CT molecular complexity index is 496. The number of aromatic nitrogens is 2. The van der Waals surface area contributed by atoms with Gasteiger partial charge in [0.2, 0.25) is 0 Å². The van der Waals surface area contributed by atoms with Crippen LogP contribution in [0, 0.1) is 0 Å². The van der Waals surface area contributed by atoms with Crippen molar-refractivity contribution in [1.82, 2.24) is 9.55 Å². The standard InChI is InChI=1S/C11H15FN2O3/c1-2-3-7-6-8(12)10(17-7)14-5-4-9(15)13-11(14)16/h4-5,7-8,10H,2-3,6H2,1H3,(H,13,15,16). The van der Waals surface area contributed by atoms with E-state index in [4.69, 9.17) is 4.74 Å². The van der Waals surface area contributed by atoms with E-state index in [2.05, 4.69) is 4.98 Å². The SMILES string of the molecule is CCCC1CC(F)C(n2ccc(=O)[nH]c2=O)O1. The van der Waals surface area contributed by atoms with Crippen LogP contribution in [0.5, 0.6) is 0 Å². The van der Waals surface area contributed by atoms with Crippen molar-refractivity contribution < 1.29 is 9.13 Å². The molecule has 1 aromatic rings. The van der Waals surface area contributed by atoms with Crippen molar-refractivity contribution in [2.75, 3.05) is 0 Å². The monoisotopic (exact) mass is 242 g/mol. The van der Waals surface area contributed by atoms with E-state index in [0.717, 1.165) is 17.4 Å². The van der Waals surface area contributed by atoms with Gasteiger partial charge in [-0.1, -0.05) is 13.3 Å². The molecular weight excluding hydrogens is 227 g/mol. The van der Waals surface area contributed by atoms with Crippen LogP contribution in [-0.2, 0) is 4.74 Å². The lowest BCUT2D eigenvalue weighted by Crippen LogP contribution is -2.34. The third kappa shape index (κ3) is 2.46. The molecule has 17 heavy (non-hydrogen) atoms. The lowest BCUT2D eigenvalue weighted by atomic mass is 10.1. The molecule has 0 bridgehead atoms. The Labute approximate surface area is 97.2 Å². The fraction of sp³-hybridized carbons (Fsp3) is 0.636. The highest BCUT2D eigenvalue weighted by Crippen LogP contribution is 2.32. The van der Waals surface area contributed by atoms with Gasteiger partial charge in [-0.05, 0) is 6.42 Å². The van der Waals surface area contributed by atoms with Gasteiger partial charge in [0.05, 0.1) is 6.10 Å². The van der Waals surface area contributed by atoms with Gasteiger partial charge >= 0.3 is 5.69 Å². The van der Waals surface area contributed by atoms with E-state index in [1.54, 1.807) is 0 Å². The second-order valence-corrected chi connectivity index (χ2v) is 4.21. The minimum atomic E-state index is -1.21. The summed E-state index contributed by atoms with van der Waals surface area (Å²) < 4.78 is 20.3. The first-order chi connectivity index (χ1) is 8.11. The van der Waals surface area contributed by atoms with Crippen LogP contribution in [0.25, 0.3) is 0 Å². The normalized spacial score (nSPS) is 28.5. The van der Waals surface area contributed by atoms with Gasteiger partial charge in [-0.15, -0.1) is 0 Å². The molecule has 0 aliphatic carbocycles. The van der Waals surface area contributed by atoms with Crippen LogP contribution < -0.4 is 11.2 Å². The largest absolute Gasteiger partial charge is 0.351 e. The summed E-state index contributed by atoms with van der Waals surface area (Å²) in [5.41, 5.74) is -1.13. The molecule has 3 unspecified atom stereocenters. The topological polar surface area (TPSA) is 64.1 Å². The number of H-pyrrole nitrogens is 1. The first-order valence-electron chi connectivity index (χ1n) is 5.73. The van der Waals surface area contributed by atoms with E-state index in [9.17, 15) is 14.0 Å². The molecule has 1 saturated heterocycles. The Morgan fingerprint density at radius 1 is 1.59 bits per heavy atom. The molecule has 1 aliphatic rings. The maximum atomic E-state index is 13.8. The first kappa shape index (κ1) is 12.0. The fourth-order valence-electron chi connectivity index (χ4n) is 2.08. The number of hydrogen-bond donors (Lipinski definition) is 1. The summed E-state index contributed by atoms with van der Waals surface area (Å²) in [5, 5.41) is 0. The first-order valence-corrected chi connectivity index (χ1v) is 5.73. The maximum Gasteiger partial charge on any atom is 0.330 e. The molecule has 0 amide bonds. The number of hydrogen-bond acceptors (Lipinski definition) is 3. The van der Waals surface area contributed by atoms with Crippen molar-refractivity contribution in [1.29, 1.82) is 0 Å². The average molecular weight is 242 g/mol. The van der Waals surface area contributed by atoms with Crippen LogP contribution in [0.4, 0.5) is 4.39 Å². The van der Waals surface area contributed by atoms with Crippen molar-refractivity contribution in [2.24, 2.45) is 0 Å². The number of alkyl halides is 1. The highest BCUT2D eigenvalue weighted by Gasteiger charge is 2.36. The second kappa shape index (κ2) is 4.83. The van der Waals surface area contributed by atoms with Crippen LogP contribution in [0.3, 0.4) is 0 Å². The van der Waals surface area contributed by atoms with E-state index >= 15 is 0 Å². The van der Waals surface area contributed by atoms with Gasteiger partial charge < -0.3 is 4.74 Å². The maximum absolute atomic E-state index is 13.8. The molecule has 0 saturated carbocycles. The van der Waals surface area contributed by atoms with Crippen LogP contribution in [0.15, 0.2) is 21.9 Å². The molecule has 0 radical (unpaired) electrons. The van der Waals surface area contributed by atoms with E-state index < -0.39 is 23.6 Å². The van der Waals surface area contributed by atoms with Gasteiger partial charge in [0.25, 0.3) is 5.56 Å².